The summed E-state index contributed by atoms with van der Waals surface area (Å²) >= 11 is 1.54. The molecule has 0 bridgehead atoms. The second kappa shape index (κ2) is 7.09. The Morgan fingerprint density at radius 2 is 1.92 bits per heavy atom. The molecule has 1 aliphatic rings. The zero-order chi connectivity index (χ0) is 18.1. The number of imidazole rings is 1. The molecule has 1 fully saturated rings. The van der Waals surface area contributed by atoms with Crippen LogP contribution in [0.4, 0.5) is 0 Å². The Bertz CT molecular complexity index is 907. The van der Waals surface area contributed by atoms with Gasteiger partial charge in [0.25, 0.3) is 5.91 Å². The minimum absolute atomic E-state index is 0.0162. The lowest BCUT2D eigenvalue weighted by molar-refractivity contribution is 0.0639. The molecule has 0 saturated carbocycles. The van der Waals surface area contributed by atoms with E-state index in [2.05, 4.69) is 16.8 Å². The Balaban J connectivity index is 1.71. The number of amides is 1. The van der Waals surface area contributed by atoms with Gasteiger partial charge >= 0.3 is 0 Å². The Morgan fingerprint density at radius 1 is 1.19 bits per heavy atom. The van der Waals surface area contributed by atoms with E-state index in [0.29, 0.717) is 5.69 Å². The summed E-state index contributed by atoms with van der Waals surface area (Å²) in [6, 6.07) is 7.78. The van der Waals surface area contributed by atoms with Crippen molar-refractivity contribution >= 4 is 22.2 Å². The third kappa shape index (κ3) is 2.97. The molecule has 2 aromatic heterocycles. The number of rotatable bonds is 4. The van der Waals surface area contributed by atoms with E-state index in [-0.39, 0.29) is 5.91 Å². The average Bonchev–Trinajstić information content (AvgIpc) is 3.29. The van der Waals surface area contributed by atoms with Crippen LogP contribution in [0.15, 0.2) is 35.8 Å². The van der Waals surface area contributed by atoms with Gasteiger partial charge in [-0.1, -0.05) is 6.92 Å². The molecular formula is C19H22N4O2S. The molecule has 0 unspecified atom stereocenters. The molecule has 0 aliphatic carbocycles. The third-order valence-electron chi connectivity index (χ3n) is 4.93. The summed E-state index contributed by atoms with van der Waals surface area (Å²) in [5.41, 5.74) is 2.35. The number of likely N-dealkylation sites (N-methyl/N-ethyl adjacent to an activating group) is 1. The third-order valence-corrected chi connectivity index (χ3v) is 5.69. The summed E-state index contributed by atoms with van der Waals surface area (Å²) in [5.74, 6) is 0.811. The quantitative estimate of drug-likeness (QED) is 0.709. The lowest BCUT2D eigenvalue weighted by Crippen LogP contribution is -2.48. The Morgan fingerprint density at radius 3 is 2.58 bits per heavy atom. The Labute approximate surface area is 156 Å². The Hall–Kier alpha value is -2.38. The van der Waals surface area contributed by atoms with Crippen LogP contribution in [0.2, 0.25) is 0 Å². The maximum atomic E-state index is 13.2. The number of carbonyl (C=O) groups is 1. The van der Waals surface area contributed by atoms with Gasteiger partial charge in [0, 0.05) is 43.3 Å². The van der Waals surface area contributed by atoms with Crippen LogP contribution in [0.1, 0.15) is 17.4 Å². The predicted octanol–water partition coefficient (Wildman–Crippen LogP) is 2.85. The van der Waals surface area contributed by atoms with E-state index in [1.54, 1.807) is 18.4 Å². The SMILES string of the molecule is CCN1CCN(C(=O)c2nc3sccn3c2-c2ccc(OC)cc2)CC1. The molecule has 6 nitrogen and oxygen atoms in total. The largest absolute Gasteiger partial charge is 0.497 e. The Kier molecular flexibility index (Phi) is 4.65. The van der Waals surface area contributed by atoms with E-state index in [1.165, 1.54) is 0 Å². The number of nitrogens with zero attached hydrogens (tertiary/aromatic N) is 4. The highest BCUT2D eigenvalue weighted by atomic mass is 32.1. The van der Waals surface area contributed by atoms with Crippen molar-refractivity contribution in [3.05, 3.63) is 41.5 Å². The first-order valence-electron chi connectivity index (χ1n) is 8.83. The van der Waals surface area contributed by atoms with Crippen LogP contribution >= 0.6 is 11.3 Å². The van der Waals surface area contributed by atoms with E-state index >= 15 is 0 Å². The molecule has 1 amide bonds. The second-order valence-corrected chi connectivity index (χ2v) is 7.19. The van der Waals surface area contributed by atoms with Crippen molar-refractivity contribution in [3.8, 4) is 17.0 Å². The molecule has 7 heteroatoms. The van der Waals surface area contributed by atoms with Gasteiger partial charge in [-0.2, -0.15) is 0 Å². The number of carbonyl (C=O) groups excluding carboxylic acids is 1. The van der Waals surface area contributed by atoms with Gasteiger partial charge in [0.15, 0.2) is 10.7 Å². The zero-order valence-corrected chi connectivity index (χ0v) is 15.8. The summed E-state index contributed by atoms with van der Waals surface area (Å²) in [5, 5.41) is 1.99. The molecule has 3 heterocycles. The highest BCUT2D eigenvalue weighted by molar-refractivity contribution is 7.15. The topological polar surface area (TPSA) is 50.1 Å². The molecule has 3 aromatic rings. The molecule has 1 saturated heterocycles. The zero-order valence-electron chi connectivity index (χ0n) is 15.0. The number of methoxy groups -OCH3 is 1. The number of piperazine rings is 1. The monoisotopic (exact) mass is 370 g/mol. The van der Waals surface area contributed by atoms with Crippen molar-refractivity contribution in [1.82, 2.24) is 19.2 Å². The maximum Gasteiger partial charge on any atom is 0.274 e. The van der Waals surface area contributed by atoms with Crippen LogP contribution in [-0.2, 0) is 0 Å². The molecule has 0 spiro atoms. The number of hydrogen-bond donors (Lipinski definition) is 0. The fraction of sp³-hybridized carbons (Fsp3) is 0.368. The van der Waals surface area contributed by atoms with Crippen molar-refractivity contribution in [2.24, 2.45) is 0 Å². The van der Waals surface area contributed by atoms with Crippen LogP contribution in [0.5, 0.6) is 5.75 Å². The van der Waals surface area contributed by atoms with Gasteiger partial charge in [-0.25, -0.2) is 4.98 Å². The van der Waals surface area contributed by atoms with Crippen LogP contribution in [0.3, 0.4) is 0 Å². The summed E-state index contributed by atoms with van der Waals surface area (Å²) in [6.07, 6.45) is 1.97. The number of ether oxygens (including phenoxy) is 1. The molecule has 136 valence electrons. The number of hydrogen-bond acceptors (Lipinski definition) is 5. The smallest absolute Gasteiger partial charge is 0.274 e. The van der Waals surface area contributed by atoms with E-state index < -0.39 is 0 Å². The molecular weight excluding hydrogens is 348 g/mol. The van der Waals surface area contributed by atoms with Gasteiger partial charge in [0.2, 0.25) is 0 Å². The molecule has 4 rings (SSSR count). The van der Waals surface area contributed by atoms with Crippen LogP contribution in [0.25, 0.3) is 16.2 Å². The van der Waals surface area contributed by atoms with E-state index in [4.69, 9.17) is 4.74 Å². The standard InChI is InChI=1S/C19H22N4O2S/c1-3-21-8-10-22(11-9-21)18(24)16-17(23-12-13-26-19(23)20-16)14-4-6-15(25-2)7-5-14/h4-7,12-13H,3,8-11H2,1-2H3. The minimum Gasteiger partial charge on any atom is -0.497 e. The normalized spacial score (nSPS) is 15.5. The van der Waals surface area contributed by atoms with Gasteiger partial charge in [0.1, 0.15) is 5.75 Å². The molecule has 0 N–H and O–H groups in total. The fourth-order valence-corrected chi connectivity index (χ4v) is 4.09. The molecule has 26 heavy (non-hydrogen) atoms. The van der Waals surface area contributed by atoms with Crippen LogP contribution in [-0.4, -0.2) is 64.9 Å². The number of fused-ring (bicyclic) bond motifs is 1. The highest BCUT2D eigenvalue weighted by Gasteiger charge is 2.27. The summed E-state index contributed by atoms with van der Waals surface area (Å²) < 4.78 is 7.25. The number of benzene rings is 1. The first kappa shape index (κ1) is 17.1. The molecule has 1 aliphatic heterocycles. The summed E-state index contributed by atoms with van der Waals surface area (Å²) in [7, 11) is 1.65. The van der Waals surface area contributed by atoms with Crippen molar-refractivity contribution in [3.63, 3.8) is 0 Å². The highest BCUT2D eigenvalue weighted by Crippen LogP contribution is 2.30. The lowest BCUT2D eigenvalue weighted by Gasteiger charge is -2.33. The van der Waals surface area contributed by atoms with E-state index in [0.717, 1.165) is 54.7 Å². The van der Waals surface area contributed by atoms with Gasteiger partial charge in [-0.15, -0.1) is 11.3 Å². The van der Waals surface area contributed by atoms with Gasteiger partial charge in [-0.3, -0.25) is 9.20 Å². The maximum absolute atomic E-state index is 13.2. The minimum atomic E-state index is 0.0162. The molecule has 0 atom stereocenters. The predicted molar refractivity (Wildman–Crippen MR) is 103 cm³/mol. The lowest BCUT2D eigenvalue weighted by atomic mass is 10.1. The van der Waals surface area contributed by atoms with Gasteiger partial charge < -0.3 is 14.5 Å². The average molecular weight is 370 g/mol. The summed E-state index contributed by atoms with van der Waals surface area (Å²) in [4.78, 5) is 23.0. The van der Waals surface area contributed by atoms with E-state index in [1.807, 2.05) is 45.1 Å². The summed E-state index contributed by atoms with van der Waals surface area (Å²) in [6.45, 7) is 6.52. The number of aromatic nitrogens is 2. The van der Waals surface area contributed by atoms with Crippen molar-refractivity contribution < 1.29 is 9.53 Å². The van der Waals surface area contributed by atoms with Crippen molar-refractivity contribution in [2.75, 3.05) is 39.8 Å². The first-order chi connectivity index (χ1) is 12.7. The van der Waals surface area contributed by atoms with Crippen molar-refractivity contribution in [2.45, 2.75) is 6.92 Å². The van der Waals surface area contributed by atoms with Crippen LogP contribution in [0, 0.1) is 0 Å². The van der Waals surface area contributed by atoms with Crippen LogP contribution < -0.4 is 4.74 Å². The molecule has 1 aromatic carbocycles. The fourth-order valence-electron chi connectivity index (χ4n) is 3.38. The number of thiazole rings is 1. The van der Waals surface area contributed by atoms with Crippen molar-refractivity contribution in [1.29, 1.82) is 0 Å². The first-order valence-corrected chi connectivity index (χ1v) is 9.71. The molecule has 0 radical (unpaired) electrons. The van der Waals surface area contributed by atoms with Gasteiger partial charge in [-0.05, 0) is 30.8 Å². The second-order valence-electron chi connectivity index (χ2n) is 6.32. The van der Waals surface area contributed by atoms with Gasteiger partial charge in [0.05, 0.1) is 12.8 Å². The van der Waals surface area contributed by atoms with E-state index in [9.17, 15) is 4.79 Å².